The number of hydrogen-bond acceptors (Lipinski definition) is 3. The molecule has 5 heteroatoms. The summed E-state index contributed by atoms with van der Waals surface area (Å²) in [6.07, 6.45) is 2.06. The van der Waals surface area contributed by atoms with Crippen LogP contribution in [0.4, 0.5) is 4.79 Å². The minimum Gasteiger partial charge on any atom is -0.393 e. The van der Waals surface area contributed by atoms with Crippen molar-refractivity contribution < 1.29 is 9.90 Å². The highest BCUT2D eigenvalue weighted by molar-refractivity contribution is 7.99. The third-order valence-electron chi connectivity index (χ3n) is 1.62. The zero-order valence-electron chi connectivity index (χ0n) is 9.16. The first kappa shape index (κ1) is 14.3. The quantitative estimate of drug-likeness (QED) is 0.432. The van der Waals surface area contributed by atoms with Gasteiger partial charge in [0.25, 0.3) is 0 Å². The van der Waals surface area contributed by atoms with Crippen LogP contribution < -0.4 is 10.6 Å². The first-order valence-electron chi connectivity index (χ1n) is 5.05. The summed E-state index contributed by atoms with van der Waals surface area (Å²) in [6.45, 7) is 6.46. The summed E-state index contributed by atoms with van der Waals surface area (Å²) in [5, 5.41) is 14.3. The maximum atomic E-state index is 11.1. The molecule has 0 aromatic heterocycles. The highest BCUT2D eigenvalue weighted by atomic mass is 32.2. The van der Waals surface area contributed by atoms with E-state index in [1.54, 1.807) is 18.7 Å². The Morgan fingerprint density at radius 2 is 2.20 bits per heavy atom. The highest BCUT2D eigenvalue weighted by Crippen LogP contribution is 1.96. The average Bonchev–Trinajstić information content (AvgIpc) is 2.17. The first-order valence-corrected chi connectivity index (χ1v) is 6.20. The van der Waals surface area contributed by atoms with Crippen molar-refractivity contribution in [3.05, 3.63) is 12.7 Å². The van der Waals surface area contributed by atoms with E-state index in [0.717, 1.165) is 11.5 Å². The molecule has 0 aromatic rings. The van der Waals surface area contributed by atoms with E-state index in [0.29, 0.717) is 19.5 Å². The number of aliphatic hydroxyl groups excluding tert-OH is 1. The predicted molar refractivity (Wildman–Crippen MR) is 65.2 cm³/mol. The number of rotatable bonds is 8. The fraction of sp³-hybridized carbons (Fsp3) is 0.700. The van der Waals surface area contributed by atoms with Crippen LogP contribution in [-0.2, 0) is 0 Å². The molecule has 0 rings (SSSR count). The molecule has 0 aliphatic rings. The first-order chi connectivity index (χ1) is 7.16. The van der Waals surface area contributed by atoms with Gasteiger partial charge in [-0.1, -0.05) is 6.08 Å². The monoisotopic (exact) mass is 232 g/mol. The molecule has 0 fully saturated rings. The van der Waals surface area contributed by atoms with Gasteiger partial charge in [0.2, 0.25) is 0 Å². The van der Waals surface area contributed by atoms with Crippen molar-refractivity contribution in [2.75, 3.05) is 24.6 Å². The number of nitrogens with one attached hydrogen (secondary N) is 2. The van der Waals surface area contributed by atoms with Crippen molar-refractivity contribution in [2.24, 2.45) is 0 Å². The molecule has 1 atom stereocenters. The normalized spacial score (nSPS) is 11.9. The molecule has 2 amide bonds. The standard InChI is InChI=1S/C10H20N2O2S/c1-3-7-15-8-6-12-10(14)11-5-4-9(2)13/h3,9,13H,1,4-8H2,2H3,(H2,11,12,14). The van der Waals surface area contributed by atoms with Gasteiger partial charge in [0.15, 0.2) is 0 Å². The topological polar surface area (TPSA) is 61.4 Å². The van der Waals surface area contributed by atoms with Crippen molar-refractivity contribution in [3.8, 4) is 0 Å². The minimum absolute atomic E-state index is 0.171. The van der Waals surface area contributed by atoms with Crippen molar-refractivity contribution >= 4 is 17.8 Å². The van der Waals surface area contributed by atoms with Gasteiger partial charge >= 0.3 is 6.03 Å². The maximum absolute atomic E-state index is 11.1. The second-order valence-electron chi connectivity index (χ2n) is 3.18. The third-order valence-corrected chi connectivity index (χ3v) is 2.58. The van der Waals surface area contributed by atoms with Gasteiger partial charge < -0.3 is 15.7 Å². The molecule has 88 valence electrons. The lowest BCUT2D eigenvalue weighted by atomic mass is 10.3. The summed E-state index contributed by atoms with van der Waals surface area (Å²) < 4.78 is 0. The van der Waals surface area contributed by atoms with Gasteiger partial charge in [-0.3, -0.25) is 0 Å². The van der Waals surface area contributed by atoms with Crippen LogP contribution >= 0.6 is 11.8 Å². The van der Waals surface area contributed by atoms with Crippen LogP contribution in [0.5, 0.6) is 0 Å². The number of urea groups is 1. The number of thioether (sulfide) groups is 1. The number of aliphatic hydroxyl groups is 1. The van der Waals surface area contributed by atoms with Gasteiger partial charge in [-0.25, -0.2) is 4.79 Å². The van der Waals surface area contributed by atoms with E-state index >= 15 is 0 Å². The van der Waals surface area contributed by atoms with Crippen LogP contribution in [0, 0.1) is 0 Å². The van der Waals surface area contributed by atoms with Crippen LogP contribution in [-0.4, -0.2) is 41.8 Å². The lowest BCUT2D eigenvalue weighted by Crippen LogP contribution is -2.37. The number of amides is 2. The Balaban J connectivity index is 3.22. The van der Waals surface area contributed by atoms with Crippen LogP contribution in [0.25, 0.3) is 0 Å². The number of carbonyl (C=O) groups is 1. The molecular formula is C10H20N2O2S. The summed E-state index contributed by atoms with van der Waals surface area (Å²) in [5.41, 5.74) is 0. The molecule has 3 N–H and O–H groups in total. The molecule has 0 bridgehead atoms. The van der Waals surface area contributed by atoms with Crippen molar-refractivity contribution in [3.63, 3.8) is 0 Å². The average molecular weight is 232 g/mol. The Bertz CT molecular complexity index is 186. The van der Waals surface area contributed by atoms with E-state index in [-0.39, 0.29) is 12.1 Å². The predicted octanol–water partition coefficient (Wildman–Crippen LogP) is 0.976. The van der Waals surface area contributed by atoms with E-state index in [4.69, 9.17) is 5.11 Å². The van der Waals surface area contributed by atoms with Gasteiger partial charge in [-0.05, 0) is 13.3 Å². The van der Waals surface area contributed by atoms with Crippen LogP contribution in [0.15, 0.2) is 12.7 Å². The molecule has 1 unspecified atom stereocenters. The molecule has 0 saturated heterocycles. The Morgan fingerprint density at radius 3 is 2.80 bits per heavy atom. The van der Waals surface area contributed by atoms with E-state index < -0.39 is 0 Å². The number of hydrogen-bond donors (Lipinski definition) is 3. The largest absolute Gasteiger partial charge is 0.393 e. The fourth-order valence-electron chi connectivity index (χ4n) is 0.860. The minimum atomic E-state index is -0.367. The summed E-state index contributed by atoms with van der Waals surface area (Å²) in [7, 11) is 0. The van der Waals surface area contributed by atoms with Gasteiger partial charge in [0.05, 0.1) is 6.10 Å². The summed E-state index contributed by atoms with van der Waals surface area (Å²) >= 11 is 1.72. The van der Waals surface area contributed by atoms with E-state index in [1.165, 1.54) is 0 Å². The molecule has 0 aliphatic carbocycles. The summed E-state index contributed by atoms with van der Waals surface area (Å²) in [6, 6.07) is -0.171. The number of carbonyl (C=O) groups excluding carboxylic acids is 1. The second kappa shape index (κ2) is 9.86. The molecule has 0 radical (unpaired) electrons. The van der Waals surface area contributed by atoms with Gasteiger partial charge in [0.1, 0.15) is 0 Å². The zero-order valence-corrected chi connectivity index (χ0v) is 9.98. The van der Waals surface area contributed by atoms with E-state index in [2.05, 4.69) is 17.2 Å². The van der Waals surface area contributed by atoms with Gasteiger partial charge in [0, 0.05) is 24.6 Å². The summed E-state index contributed by atoms with van der Waals surface area (Å²) in [4.78, 5) is 11.1. The Morgan fingerprint density at radius 1 is 1.53 bits per heavy atom. The van der Waals surface area contributed by atoms with Crippen LogP contribution in [0.3, 0.4) is 0 Å². The Kier molecular flexibility index (Phi) is 9.41. The molecular weight excluding hydrogens is 212 g/mol. The van der Waals surface area contributed by atoms with Crippen molar-refractivity contribution in [1.29, 1.82) is 0 Å². The lowest BCUT2D eigenvalue weighted by Gasteiger charge is -2.08. The Hall–Kier alpha value is -0.680. The third kappa shape index (κ3) is 11.2. The van der Waals surface area contributed by atoms with Gasteiger partial charge in [-0.15, -0.1) is 6.58 Å². The summed E-state index contributed by atoms with van der Waals surface area (Å²) in [5.74, 6) is 1.79. The van der Waals surface area contributed by atoms with E-state index in [9.17, 15) is 4.79 Å². The van der Waals surface area contributed by atoms with Crippen LogP contribution in [0.2, 0.25) is 0 Å². The smallest absolute Gasteiger partial charge is 0.314 e. The second-order valence-corrected chi connectivity index (χ2v) is 4.33. The zero-order chi connectivity index (χ0) is 11.5. The maximum Gasteiger partial charge on any atom is 0.314 e. The van der Waals surface area contributed by atoms with Crippen molar-refractivity contribution in [1.82, 2.24) is 10.6 Å². The molecule has 0 heterocycles. The SMILES string of the molecule is C=CCSCCNC(=O)NCCC(C)O. The molecule has 0 spiro atoms. The Labute approximate surface area is 95.5 Å². The fourth-order valence-corrected chi connectivity index (χ4v) is 1.44. The molecule has 15 heavy (non-hydrogen) atoms. The van der Waals surface area contributed by atoms with Crippen LogP contribution in [0.1, 0.15) is 13.3 Å². The molecule has 0 aliphatic heterocycles. The molecule has 0 aromatic carbocycles. The van der Waals surface area contributed by atoms with E-state index in [1.807, 2.05) is 6.08 Å². The lowest BCUT2D eigenvalue weighted by molar-refractivity contribution is 0.183. The molecule has 4 nitrogen and oxygen atoms in total. The highest BCUT2D eigenvalue weighted by Gasteiger charge is 1.99. The van der Waals surface area contributed by atoms with Crippen molar-refractivity contribution in [2.45, 2.75) is 19.4 Å². The van der Waals surface area contributed by atoms with Gasteiger partial charge in [-0.2, -0.15) is 11.8 Å². The molecule has 0 saturated carbocycles.